The monoisotopic (exact) mass is 147 g/mol. The van der Waals surface area contributed by atoms with Gasteiger partial charge in [0.25, 0.3) is 0 Å². The van der Waals surface area contributed by atoms with Crippen molar-refractivity contribution in [3.63, 3.8) is 0 Å². The molecule has 0 saturated heterocycles. The summed E-state index contributed by atoms with van der Waals surface area (Å²) in [5, 5.41) is 0. The molecular formula is C7H17NS. The van der Waals surface area contributed by atoms with Gasteiger partial charge in [-0.1, -0.05) is 20.8 Å². The van der Waals surface area contributed by atoms with Crippen LogP contribution in [-0.2, 0) is 0 Å². The quantitative estimate of drug-likeness (QED) is 0.431. The smallest absolute Gasteiger partial charge is 0.0567 e. The summed E-state index contributed by atoms with van der Waals surface area (Å²) in [6, 6.07) is 0. The lowest BCUT2D eigenvalue weighted by Crippen LogP contribution is -2.33. The molecule has 0 aromatic carbocycles. The minimum atomic E-state index is -0.321. The van der Waals surface area contributed by atoms with Gasteiger partial charge < -0.3 is 5.73 Å². The summed E-state index contributed by atoms with van der Waals surface area (Å²) < 4.78 is 0. The van der Waals surface area contributed by atoms with E-state index >= 15 is 0 Å². The molecule has 56 valence electrons. The van der Waals surface area contributed by atoms with Gasteiger partial charge in [0.2, 0.25) is 0 Å². The van der Waals surface area contributed by atoms with E-state index in [2.05, 4.69) is 33.4 Å². The third-order valence-electron chi connectivity index (χ3n) is 0.888. The molecule has 1 nitrogen and oxygen atoms in total. The van der Waals surface area contributed by atoms with Crippen LogP contribution in [0, 0.1) is 5.41 Å². The normalized spacial score (nSPS) is 19.3. The van der Waals surface area contributed by atoms with Gasteiger partial charge in [-0.05, 0) is 18.8 Å². The van der Waals surface area contributed by atoms with Gasteiger partial charge in [-0.2, -0.15) is 12.6 Å². The van der Waals surface area contributed by atoms with E-state index in [4.69, 9.17) is 5.73 Å². The Morgan fingerprint density at radius 1 is 1.22 bits per heavy atom. The zero-order valence-electron chi connectivity index (χ0n) is 6.73. The number of thiol groups is 1. The zero-order chi connectivity index (χ0) is 7.71. The Hall–Kier alpha value is 0.310. The topological polar surface area (TPSA) is 26.0 Å². The molecule has 0 aliphatic heterocycles. The minimum absolute atomic E-state index is 0.283. The Morgan fingerprint density at radius 2 is 1.56 bits per heavy atom. The first-order chi connectivity index (χ1) is 3.71. The molecule has 0 saturated carbocycles. The molecule has 1 unspecified atom stereocenters. The summed E-state index contributed by atoms with van der Waals surface area (Å²) in [6.45, 7) is 8.42. The van der Waals surface area contributed by atoms with E-state index in [1.807, 2.05) is 6.92 Å². The van der Waals surface area contributed by atoms with Crippen molar-refractivity contribution in [3.05, 3.63) is 0 Å². The van der Waals surface area contributed by atoms with E-state index in [0.717, 1.165) is 6.42 Å². The van der Waals surface area contributed by atoms with Crippen LogP contribution in [0.4, 0.5) is 0 Å². The van der Waals surface area contributed by atoms with E-state index in [-0.39, 0.29) is 10.3 Å². The lowest BCUT2D eigenvalue weighted by atomic mass is 9.89. The highest BCUT2D eigenvalue weighted by atomic mass is 32.1. The highest BCUT2D eigenvalue weighted by Gasteiger charge is 2.21. The first-order valence-corrected chi connectivity index (χ1v) is 3.67. The molecule has 0 aliphatic carbocycles. The van der Waals surface area contributed by atoms with Crippen molar-refractivity contribution in [3.8, 4) is 0 Å². The Kier molecular flexibility index (Phi) is 2.59. The molecule has 9 heavy (non-hydrogen) atoms. The van der Waals surface area contributed by atoms with Crippen molar-refractivity contribution in [1.82, 2.24) is 0 Å². The molecule has 0 aromatic heterocycles. The van der Waals surface area contributed by atoms with Gasteiger partial charge in [0.15, 0.2) is 0 Å². The number of hydrogen-bond donors (Lipinski definition) is 2. The Morgan fingerprint density at radius 3 is 1.56 bits per heavy atom. The second-order valence-corrected chi connectivity index (χ2v) is 5.12. The molecule has 0 rings (SSSR count). The van der Waals surface area contributed by atoms with Crippen molar-refractivity contribution in [2.24, 2.45) is 11.1 Å². The van der Waals surface area contributed by atoms with Crippen LogP contribution in [0.5, 0.6) is 0 Å². The summed E-state index contributed by atoms with van der Waals surface area (Å²) in [5.74, 6) is 0. The number of rotatable bonds is 1. The number of hydrogen-bond acceptors (Lipinski definition) is 2. The van der Waals surface area contributed by atoms with Crippen LogP contribution < -0.4 is 5.73 Å². The van der Waals surface area contributed by atoms with Crippen LogP contribution in [0.15, 0.2) is 0 Å². The van der Waals surface area contributed by atoms with Gasteiger partial charge in [0.1, 0.15) is 0 Å². The molecule has 0 fully saturated rings. The molecule has 0 amide bonds. The molecule has 0 spiro atoms. The van der Waals surface area contributed by atoms with Gasteiger partial charge in [-0.25, -0.2) is 0 Å². The predicted octanol–water partition coefficient (Wildman–Crippen LogP) is 2.03. The average Bonchev–Trinajstić information content (AvgIpc) is 1.14. The van der Waals surface area contributed by atoms with Crippen LogP contribution in [0.2, 0.25) is 0 Å². The Labute approximate surface area is 63.4 Å². The van der Waals surface area contributed by atoms with E-state index in [9.17, 15) is 0 Å². The van der Waals surface area contributed by atoms with Crippen LogP contribution in [0.1, 0.15) is 34.1 Å². The van der Waals surface area contributed by atoms with Gasteiger partial charge in [0, 0.05) is 0 Å². The summed E-state index contributed by atoms with van der Waals surface area (Å²) in [7, 11) is 0. The van der Waals surface area contributed by atoms with Crippen molar-refractivity contribution >= 4 is 12.6 Å². The van der Waals surface area contributed by atoms with E-state index < -0.39 is 0 Å². The Bertz CT molecular complexity index is 74.1. The van der Waals surface area contributed by atoms with Crippen LogP contribution in [0.25, 0.3) is 0 Å². The van der Waals surface area contributed by atoms with Crippen molar-refractivity contribution in [2.45, 2.75) is 39.0 Å². The minimum Gasteiger partial charge on any atom is -0.317 e. The first-order valence-electron chi connectivity index (χ1n) is 3.22. The SMILES string of the molecule is CC(C)(C)CC(C)(N)S. The van der Waals surface area contributed by atoms with Gasteiger partial charge in [-0.15, -0.1) is 0 Å². The summed E-state index contributed by atoms with van der Waals surface area (Å²) >= 11 is 4.23. The van der Waals surface area contributed by atoms with E-state index in [1.165, 1.54) is 0 Å². The molecule has 1 atom stereocenters. The maximum atomic E-state index is 5.69. The molecule has 0 aromatic rings. The van der Waals surface area contributed by atoms with Crippen LogP contribution >= 0.6 is 12.6 Å². The van der Waals surface area contributed by atoms with Crippen LogP contribution in [-0.4, -0.2) is 4.87 Å². The highest BCUT2D eigenvalue weighted by Crippen LogP contribution is 2.27. The average molecular weight is 147 g/mol. The molecule has 0 aliphatic rings. The maximum Gasteiger partial charge on any atom is 0.0567 e. The molecule has 2 N–H and O–H groups in total. The predicted molar refractivity (Wildman–Crippen MR) is 45.7 cm³/mol. The summed E-state index contributed by atoms with van der Waals surface area (Å²) in [5.41, 5.74) is 5.97. The van der Waals surface area contributed by atoms with Crippen LogP contribution in [0.3, 0.4) is 0 Å². The third-order valence-corrected chi connectivity index (χ3v) is 1.05. The largest absolute Gasteiger partial charge is 0.317 e. The summed E-state index contributed by atoms with van der Waals surface area (Å²) in [4.78, 5) is -0.321. The zero-order valence-corrected chi connectivity index (χ0v) is 7.63. The second-order valence-electron chi connectivity index (χ2n) is 4.09. The molecule has 0 heterocycles. The van der Waals surface area contributed by atoms with Crippen molar-refractivity contribution in [2.75, 3.05) is 0 Å². The fourth-order valence-corrected chi connectivity index (χ4v) is 1.55. The molecule has 2 heteroatoms. The second kappa shape index (κ2) is 2.51. The standard InChI is InChI=1S/C7H17NS/c1-6(2,3)5-7(4,8)9/h9H,5,8H2,1-4H3. The molecule has 0 radical (unpaired) electrons. The lowest BCUT2D eigenvalue weighted by Gasteiger charge is -2.27. The third kappa shape index (κ3) is 8.31. The first kappa shape index (κ1) is 9.31. The Balaban J connectivity index is 3.75. The fourth-order valence-electron chi connectivity index (χ4n) is 1.07. The maximum absolute atomic E-state index is 5.69. The summed E-state index contributed by atoms with van der Waals surface area (Å²) in [6.07, 6.45) is 0.934. The molecular weight excluding hydrogens is 130 g/mol. The fraction of sp³-hybridized carbons (Fsp3) is 1.00. The van der Waals surface area contributed by atoms with Gasteiger partial charge in [-0.3, -0.25) is 0 Å². The highest BCUT2D eigenvalue weighted by molar-refractivity contribution is 7.81. The lowest BCUT2D eigenvalue weighted by molar-refractivity contribution is 0.334. The van der Waals surface area contributed by atoms with Gasteiger partial charge in [0.05, 0.1) is 4.87 Å². The van der Waals surface area contributed by atoms with E-state index in [0.29, 0.717) is 0 Å². The van der Waals surface area contributed by atoms with E-state index in [1.54, 1.807) is 0 Å². The number of nitrogens with two attached hydrogens (primary N) is 1. The van der Waals surface area contributed by atoms with Gasteiger partial charge >= 0.3 is 0 Å². The molecule has 0 bridgehead atoms. The van der Waals surface area contributed by atoms with Crippen molar-refractivity contribution < 1.29 is 0 Å². The van der Waals surface area contributed by atoms with Crippen molar-refractivity contribution in [1.29, 1.82) is 0 Å².